The Balaban J connectivity index is 1.44. The Hall–Kier alpha value is -2.93. The third kappa shape index (κ3) is 3.99. The number of benzene rings is 2. The zero-order valence-corrected chi connectivity index (χ0v) is 15.6. The Labute approximate surface area is 166 Å². The van der Waals surface area contributed by atoms with E-state index in [4.69, 9.17) is 16.3 Å². The molecule has 0 atom stereocenters. The second kappa shape index (κ2) is 7.98. The number of aromatic nitrogens is 2. The standard InChI is InChI=1S/C20H17ClF2N4O/c21-15-11-14(5-6-16(15)22)28-20-12-19(24-13-25-20)27-9-7-26(8-10-27)18-4-2-1-3-17(18)23/h1-6,11-13H,7-10H2. The van der Waals surface area contributed by atoms with Crippen molar-refractivity contribution in [2.45, 2.75) is 0 Å². The summed E-state index contributed by atoms with van der Waals surface area (Å²) in [6.45, 7) is 2.73. The minimum absolute atomic E-state index is 0.0176. The molecule has 1 aromatic heterocycles. The van der Waals surface area contributed by atoms with Crippen LogP contribution >= 0.6 is 11.6 Å². The van der Waals surface area contributed by atoms with Crippen LogP contribution in [0.4, 0.5) is 20.3 Å². The zero-order chi connectivity index (χ0) is 19.5. The molecule has 1 fully saturated rings. The van der Waals surface area contributed by atoms with E-state index in [0.717, 1.165) is 0 Å². The molecule has 2 heterocycles. The van der Waals surface area contributed by atoms with Gasteiger partial charge in [-0.25, -0.2) is 18.7 Å². The van der Waals surface area contributed by atoms with E-state index in [1.807, 2.05) is 11.0 Å². The molecular weight excluding hydrogens is 386 g/mol. The summed E-state index contributed by atoms with van der Waals surface area (Å²) in [5.41, 5.74) is 0.613. The molecule has 0 unspecified atom stereocenters. The van der Waals surface area contributed by atoms with Crippen LogP contribution in [0.25, 0.3) is 0 Å². The van der Waals surface area contributed by atoms with Gasteiger partial charge in [0.05, 0.1) is 10.7 Å². The summed E-state index contributed by atoms with van der Waals surface area (Å²) in [5.74, 6) is 0.716. The number of hydrogen-bond acceptors (Lipinski definition) is 5. The molecule has 0 radical (unpaired) electrons. The average molecular weight is 403 g/mol. The van der Waals surface area contributed by atoms with Crippen molar-refractivity contribution in [1.29, 1.82) is 0 Å². The quantitative estimate of drug-likeness (QED) is 0.641. The number of nitrogens with zero attached hydrogens (tertiary/aromatic N) is 4. The smallest absolute Gasteiger partial charge is 0.224 e. The van der Waals surface area contributed by atoms with E-state index >= 15 is 0 Å². The largest absolute Gasteiger partial charge is 0.439 e. The van der Waals surface area contributed by atoms with E-state index < -0.39 is 5.82 Å². The lowest BCUT2D eigenvalue weighted by molar-refractivity contribution is 0.459. The van der Waals surface area contributed by atoms with Gasteiger partial charge in [-0.3, -0.25) is 0 Å². The number of halogens is 3. The van der Waals surface area contributed by atoms with Crippen molar-refractivity contribution in [2.24, 2.45) is 0 Å². The van der Waals surface area contributed by atoms with Crippen LogP contribution in [0.15, 0.2) is 54.9 Å². The Bertz CT molecular complexity index is 980. The lowest BCUT2D eigenvalue weighted by Crippen LogP contribution is -2.47. The van der Waals surface area contributed by atoms with Gasteiger partial charge in [-0.05, 0) is 24.3 Å². The SMILES string of the molecule is Fc1ccc(Oc2cc(N3CCN(c4ccccc4F)CC3)ncn2)cc1Cl. The molecule has 4 rings (SSSR count). The zero-order valence-electron chi connectivity index (χ0n) is 14.9. The highest BCUT2D eigenvalue weighted by atomic mass is 35.5. The van der Waals surface area contributed by atoms with E-state index in [1.165, 1.54) is 30.6 Å². The molecule has 0 saturated carbocycles. The number of anilines is 2. The van der Waals surface area contributed by atoms with Crippen molar-refractivity contribution in [3.05, 3.63) is 71.5 Å². The summed E-state index contributed by atoms with van der Waals surface area (Å²) in [6, 6.07) is 12.6. The lowest BCUT2D eigenvalue weighted by atomic mass is 10.2. The number of piperazine rings is 1. The van der Waals surface area contributed by atoms with E-state index in [1.54, 1.807) is 18.2 Å². The van der Waals surface area contributed by atoms with Crippen LogP contribution < -0.4 is 14.5 Å². The van der Waals surface area contributed by atoms with Crippen LogP contribution in [-0.4, -0.2) is 36.1 Å². The first-order valence-corrected chi connectivity index (χ1v) is 9.17. The number of hydrogen-bond donors (Lipinski definition) is 0. The van der Waals surface area contributed by atoms with E-state index in [9.17, 15) is 8.78 Å². The van der Waals surface area contributed by atoms with Crippen LogP contribution in [0.5, 0.6) is 11.6 Å². The molecule has 3 aromatic rings. The predicted molar refractivity (Wildman–Crippen MR) is 104 cm³/mol. The van der Waals surface area contributed by atoms with Crippen molar-refractivity contribution >= 4 is 23.1 Å². The van der Waals surface area contributed by atoms with E-state index in [-0.39, 0.29) is 10.8 Å². The molecule has 1 aliphatic heterocycles. The molecule has 2 aromatic carbocycles. The predicted octanol–water partition coefficient (Wildman–Crippen LogP) is 4.53. The molecule has 0 amide bonds. The molecule has 8 heteroatoms. The maximum atomic E-state index is 14.0. The summed E-state index contributed by atoms with van der Waals surface area (Å²) in [7, 11) is 0. The van der Waals surface area contributed by atoms with Gasteiger partial charge < -0.3 is 14.5 Å². The Kier molecular flexibility index (Phi) is 5.25. The van der Waals surface area contributed by atoms with Crippen molar-refractivity contribution in [3.8, 4) is 11.6 Å². The van der Waals surface area contributed by atoms with Gasteiger partial charge in [0, 0.05) is 38.3 Å². The average Bonchev–Trinajstić information content (AvgIpc) is 2.72. The Morgan fingerprint density at radius 2 is 1.61 bits per heavy atom. The highest BCUT2D eigenvalue weighted by molar-refractivity contribution is 6.30. The Morgan fingerprint density at radius 3 is 2.36 bits per heavy atom. The highest BCUT2D eigenvalue weighted by Crippen LogP contribution is 2.27. The number of rotatable bonds is 4. The van der Waals surface area contributed by atoms with Crippen LogP contribution in [-0.2, 0) is 0 Å². The Morgan fingerprint density at radius 1 is 0.857 bits per heavy atom. The van der Waals surface area contributed by atoms with Crippen molar-refractivity contribution in [3.63, 3.8) is 0 Å². The van der Waals surface area contributed by atoms with Gasteiger partial charge in [0.2, 0.25) is 5.88 Å². The van der Waals surface area contributed by atoms with Crippen LogP contribution in [0.1, 0.15) is 0 Å². The van der Waals surface area contributed by atoms with Gasteiger partial charge in [-0.15, -0.1) is 0 Å². The minimum atomic E-state index is -0.509. The van der Waals surface area contributed by atoms with Crippen LogP contribution in [0.2, 0.25) is 5.02 Å². The first-order chi connectivity index (χ1) is 13.6. The van der Waals surface area contributed by atoms with Gasteiger partial charge in [0.15, 0.2) is 0 Å². The summed E-state index contributed by atoms with van der Waals surface area (Å²) in [4.78, 5) is 12.5. The van der Waals surface area contributed by atoms with Gasteiger partial charge in [-0.1, -0.05) is 23.7 Å². The molecule has 1 saturated heterocycles. The van der Waals surface area contributed by atoms with E-state index in [0.29, 0.717) is 49.3 Å². The fraction of sp³-hybridized carbons (Fsp3) is 0.200. The van der Waals surface area contributed by atoms with Gasteiger partial charge >= 0.3 is 0 Å². The fourth-order valence-corrected chi connectivity index (χ4v) is 3.27. The number of ether oxygens (including phenoxy) is 1. The molecular formula is C20H17ClF2N4O. The minimum Gasteiger partial charge on any atom is -0.439 e. The van der Waals surface area contributed by atoms with Crippen molar-refractivity contribution in [1.82, 2.24) is 9.97 Å². The lowest BCUT2D eigenvalue weighted by Gasteiger charge is -2.36. The second-order valence-corrected chi connectivity index (χ2v) is 6.73. The molecule has 28 heavy (non-hydrogen) atoms. The number of para-hydroxylation sites is 1. The summed E-state index contributed by atoms with van der Waals surface area (Å²) >= 11 is 5.78. The van der Waals surface area contributed by atoms with Crippen LogP contribution in [0.3, 0.4) is 0 Å². The normalized spacial score (nSPS) is 14.2. The highest BCUT2D eigenvalue weighted by Gasteiger charge is 2.20. The molecule has 0 bridgehead atoms. The fourth-order valence-electron chi connectivity index (χ4n) is 3.10. The maximum absolute atomic E-state index is 14.0. The van der Waals surface area contributed by atoms with Crippen LogP contribution in [0, 0.1) is 11.6 Å². The third-order valence-electron chi connectivity index (χ3n) is 4.54. The van der Waals surface area contributed by atoms with Gasteiger partial charge in [0.25, 0.3) is 0 Å². The topological polar surface area (TPSA) is 41.5 Å². The molecule has 0 spiro atoms. The summed E-state index contributed by atoms with van der Waals surface area (Å²) in [5, 5.41) is -0.0176. The molecule has 144 valence electrons. The molecule has 0 N–H and O–H groups in total. The molecule has 1 aliphatic rings. The first-order valence-electron chi connectivity index (χ1n) is 8.79. The third-order valence-corrected chi connectivity index (χ3v) is 4.83. The molecule has 5 nitrogen and oxygen atoms in total. The first kappa shape index (κ1) is 18.4. The van der Waals surface area contributed by atoms with Gasteiger partial charge in [-0.2, -0.15) is 0 Å². The van der Waals surface area contributed by atoms with E-state index in [2.05, 4.69) is 14.9 Å². The molecule has 0 aliphatic carbocycles. The maximum Gasteiger partial charge on any atom is 0.224 e. The monoisotopic (exact) mass is 402 g/mol. The van der Waals surface area contributed by atoms with Crippen molar-refractivity contribution < 1.29 is 13.5 Å². The summed E-state index contributed by atoms with van der Waals surface area (Å²) in [6.07, 6.45) is 1.42. The second-order valence-electron chi connectivity index (χ2n) is 6.32. The van der Waals surface area contributed by atoms with Crippen molar-refractivity contribution in [2.75, 3.05) is 36.0 Å². The van der Waals surface area contributed by atoms with Gasteiger partial charge in [0.1, 0.15) is 29.5 Å². The summed E-state index contributed by atoms with van der Waals surface area (Å²) < 4.78 is 32.9.